The maximum Gasteiger partial charge on any atom is 0.148 e. The van der Waals surface area contributed by atoms with Crippen molar-refractivity contribution in [1.82, 2.24) is 4.98 Å². The summed E-state index contributed by atoms with van der Waals surface area (Å²) in [6, 6.07) is 6.05. The van der Waals surface area contributed by atoms with Crippen LogP contribution >= 0.6 is 11.6 Å². The van der Waals surface area contributed by atoms with Crippen LogP contribution in [0.5, 0.6) is 0 Å². The van der Waals surface area contributed by atoms with Crippen LogP contribution in [0.2, 0.25) is 5.02 Å². The number of hydrogen-bond acceptors (Lipinski definition) is 3. The SMILES string of the molecule is Cc1cnc(Nc2ccc(Cl)cc2F)cc1N. The molecule has 0 spiro atoms. The number of hydrogen-bond donors (Lipinski definition) is 2. The molecular formula is C12H11ClFN3. The van der Waals surface area contributed by atoms with Gasteiger partial charge in [-0.05, 0) is 30.7 Å². The summed E-state index contributed by atoms with van der Waals surface area (Å²) in [4.78, 5) is 4.11. The molecule has 0 fully saturated rings. The third-order valence-corrected chi connectivity index (χ3v) is 2.57. The van der Waals surface area contributed by atoms with Crippen molar-refractivity contribution in [3.63, 3.8) is 0 Å². The van der Waals surface area contributed by atoms with Crippen LogP contribution in [0.1, 0.15) is 5.56 Å². The summed E-state index contributed by atoms with van der Waals surface area (Å²) in [6.45, 7) is 1.86. The summed E-state index contributed by atoms with van der Waals surface area (Å²) in [5.41, 5.74) is 7.54. The van der Waals surface area contributed by atoms with Crippen LogP contribution in [-0.4, -0.2) is 4.98 Å². The first-order valence-electron chi connectivity index (χ1n) is 5.00. The largest absolute Gasteiger partial charge is 0.398 e. The molecular weight excluding hydrogens is 241 g/mol. The lowest BCUT2D eigenvalue weighted by Gasteiger charge is -2.08. The van der Waals surface area contributed by atoms with Crippen molar-refractivity contribution < 1.29 is 4.39 Å². The molecule has 3 nitrogen and oxygen atoms in total. The Morgan fingerprint density at radius 3 is 2.76 bits per heavy atom. The maximum atomic E-state index is 13.5. The minimum absolute atomic E-state index is 0.310. The highest BCUT2D eigenvalue weighted by atomic mass is 35.5. The standard InChI is InChI=1S/C12H11ClFN3/c1-7-6-16-12(5-10(7)15)17-11-3-2-8(13)4-9(11)14/h2-6H,1H3,(H3,15,16,17). The van der Waals surface area contributed by atoms with Crippen molar-refractivity contribution in [2.24, 2.45) is 0 Å². The monoisotopic (exact) mass is 251 g/mol. The Kier molecular flexibility index (Phi) is 3.15. The summed E-state index contributed by atoms with van der Waals surface area (Å²) >= 11 is 5.66. The van der Waals surface area contributed by atoms with Gasteiger partial charge in [-0.1, -0.05) is 11.6 Å². The smallest absolute Gasteiger partial charge is 0.148 e. The molecule has 1 heterocycles. The van der Waals surface area contributed by atoms with Gasteiger partial charge in [-0.25, -0.2) is 9.37 Å². The van der Waals surface area contributed by atoms with E-state index in [-0.39, 0.29) is 0 Å². The third-order valence-electron chi connectivity index (χ3n) is 2.34. The van der Waals surface area contributed by atoms with Crippen molar-refractivity contribution in [3.8, 4) is 0 Å². The van der Waals surface area contributed by atoms with Gasteiger partial charge in [0.2, 0.25) is 0 Å². The first-order valence-corrected chi connectivity index (χ1v) is 5.38. The molecule has 0 bridgehead atoms. The Morgan fingerprint density at radius 2 is 2.12 bits per heavy atom. The Bertz CT molecular complexity index is 557. The van der Waals surface area contributed by atoms with Gasteiger partial charge in [0.1, 0.15) is 11.6 Å². The van der Waals surface area contributed by atoms with Crippen LogP contribution < -0.4 is 11.1 Å². The van der Waals surface area contributed by atoms with E-state index in [0.717, 1.165) is 5.56 Å². The van der Waals surface area contributed by atoms with Gasteiger partial charge in [-0.15, -0.1) is 0 Å². The number of pyridine rings is 1. The predicted octanol–water partition coefficient (Wildman–Crippen LogP) is 3.51. The number of aryl methyl sites for hydroxylation is 1. The number of nitrogens with zero attached hydrogens (tertiary/aromatic N) is 1. The minimum Gasteiger partial charge on any atom is -0.398 e. The average Bonchev–Trinajstić information content (AvgIpc) is 2.27. The van der Waals surface area contributed by atoms with Gasteiger partial charge >= 0.3 is 0 Å². The topological polar surface area (TPSA) is 50.9 Å². The summed E-state index contributed by atoms with van der Waals surface area (Å²) < 4.78 is 13.5. The number of nitrogen functional groups attached to an aromatic ring is 1. The molecule has 1 aromatic carbocycles. The number of nitrogens with two attached hydrogens (primary N) is 1. The number of aromatic nitrogens is 1. The summed E-state index contributed by atoms with van der Waals surface area (Å²) in [6.07, 6.45) is 1.63. The molecule has 0 atom stereocenters. The molecule has 1 aromatic heterocycles. The quantitative estimate of drug-likeness (QED) is 0.859. The number of benzene rings is 1. The Balaban J connectivity index is 2.28. The average molecular weight is 252 g/mol. The van der Waals surface area contributed by atoms with Gasteiger partial charge < -0.3 is 11.1 Å². The Labute approximate surface area is 103 Å². The van der Waals surface area contributed by atoms with E-state index in [1.807, 2.05) is 6.92 Å². The maximum absolute atomic E-state index is 13.5. The van der Waals surface area contributed by atoms with E-state index in [2.05, 4.69) is 10.3 Å². The molecule has 5 heteroatoms. The van der Waals surface area contributed by atoms with Crippen molar-refractivity contribution in [2.45, 2.75) is 6.92 Å². The van der Waals surface area contributed by atoms with Crippen molar-refractivity contribution in [3.05, 3.63) is 46.9 Å². The van der Waals surface area contributed by atoms with Gasteiger partial charge in [-0.3, -0.25) is 0 Å². The van der Waals surface area contributed by atoms with Gasteiger partial charge in [0, 0.05) is 23.0 Å². The first kappa shape index (κ1) is 11.7. The zero-order valence-corrected chi connectivity index (χ0v) is 9.92. The summed E-state index contributed by atoms with van der Waals surface area (Å²) in [5, 5.41) is 3.19. The lowest BCUT2D eigenvalue weighted by molar-refractivity contribution is 0.632. The van der Waals surface area contributed by atoms with Crippen LogP contribution in [0, 0.1) is 12.7 Å². The second-order valence-electron chi connectivity index (χ2n) is 3.68. The van der Waals surface area contributed by atoms with Crippen LogP contribution in [0.4, 0.5) is 21.6 Å². The Morgan fingerprint density at radius 1 is 1.35 bits per heavy atom. The van der Waals surface area contributed by atoms with Crippen molar-refractivity contribution >= 4 is 28.8 Å². The van der Waals surface area contributed by atoms with Gasteiger partial charge in [0.15, 0.2) is 0 Å². The van der Waals surface area contributed by atoms with Crippen molar-refractivity contribution in [2.75, 3.05) is 11.1 Å². The molecule has 2 rings (SSSR count). The number of nitrogens with one attached hydrogen (secondary N) is 1. The number of anilines is 3. The molecule has 0 amide bonds. The third kappa shape index (κ3) is 2.65. The number of halogens is 2. The predicted molar refractivity (Wildman–Crippen MR) is 68.1 cm³/mol. The van der Waals surface area contributed by atoms with Gasteiger partial charge in [0.25, 0.3) is 0 Å². The molecule has 0 saturated heterocycles. The molecule has 0 aliphatic carbocycles. The van der Waals surface area contributed by atoms with E-state index >= 15 is 0 Å². The summed E-state index contributed by atoms with van der Waals surface area (Å²) in [5.74, 6) is 0.0627. The second kappa shape index (κ2) is 4.59. The molecule has 0 aliphatic rings. The Hall–Kier alpha value is -1.81. The van der Waals surface area contributed by atoms with Gasteiger partial charge in [-0.2, -0.15) is 0 Å². The summed E-state index contributed by atoms with van der Waals surface area (Å²) in [7, 11) is 0. The fourth-order valence-corrected chi connectivity index (χ4v) is 1.50. The lowest BCUT2D eigenvalue weighted by Crippen LogP contribution is -1.99. The molecule has 2 aromatic rings. The molecule has 88 valence electrons. The van der Waals surface area contributed by atoms with E-state index in [4.69, 9.17) is 17.3 Å². The fraction of sp³-hybridized carbons (Fsp3) is 0.0833. The van der Waals surface area contributed by atoms with E-state index in [1.165, 1.54) is 6.07 Å². The van der Waals surface area contributed by atoms with Crippen LogP contribution in [-0.2, 0) is 0 Å². The highest BCUT2D eigenvalue weighted by Crippen LogP contribution is 2.23. The van der Waals surface area contributed by atoms with E-state index < -0.39 is 5.82 Å². The minimum atomic E-state index is -0.432. The normalized spacial score (nSPS) is 10.3. The highest BCUT2D eigenvalue weighted by molar-refractivity contribution is 6.30. The molecule has 0 aliphatic heterocycles. The van der Waals surface area contributed by atoms with E-state index in [9.17, 15) is 4.39 Å². The lowest BCUT2D eigenvalue weighted by atomic mass is 10.2. The fourth-order valence-electron chi connectivity index (χ4n) is 1.34. The van der Waals surface area contributed by atoms with Crippen LogP contribution in [0.25, 0.3) is 0 Å². The van der Waals surface area contributed by atoms with Gasteiger partial charge in [0.05, 0.1) is 5.69 Å². The first-order chi connectivity index (χ1) is 8.06. The molecule has 17 heavy (non-hydrogen) atoms. The molecule has 3 N–H and O–H groups in total. The zero-order valence-electron chi connectivity index (χ0n) is 9.17. The molecule has 0 saturated carbocycles. The number of rotatable bonds is 2. The van der Waals surface area contributed by atoms with Crippen LogP contribution in [0.15, 0.2) is 30.5 Å². The molecule has 0 radical (unpaired) electrons. The van der Waals surface area contributed by atoms with Crippen molar-refractivity contribution in [1.29, 1.82) is 0 Å². The van der Waals surface area contributed by atoms with E-state index in [1.54, 1.807) is 24.4 Å². The van der Waals surface area contributed by atoms with E-state index in [0.29, 0.717) is 22.2 Å². The second-order valence-corrected chi connectivity index (χ2v) is 4.11. The van der Waals surface area contributed by atoms with Crippen LogP contribution in [0.3, 0.4) is 0 Å². The highest BCUT2D eigenvalue weighted by Gasteiger charge is 2.04. The zero-order chi connectivity index (χ0) is 12.4. The molecule has 0 unspecified atom stereocenters.